The molecule has 1 fully saturated rings. The number of nitrogens with zero attached hydrogens (tertiary/aromatic N) is 2. The van der Waals surface area contributed by atoms with Gasteiger partial charge in [-0.15, -0.1) is 6.58 Å². The average molecular weight is 741 g/mol. The van der Waals surface area contributed by atoms with Crippen molar-refractivity contribution in [2.24, 2.45) is 11.8 Å². The summed E-state index contributed by atoms with van der Waals surface area (Å²) in [5.41, 5.74) is 4.19. The summed E-state index contributed by atoms with van der Waals surface area (Å²) in [5.74, 6) is 3.30. The van der Waals surface area contributed by atoms with Crippen LogP contribution in [0.2, 0.25) is 0 Å². The molecule has 1 aliphatic heterocycles. The molecule has 8 heteroatoms. The standard InChI is InChI=1S/C37H44Br2N2O4/c1-7-26-22-41(17-15-24(26)2,23-28-19-30(44-5)9-12-35(28)39)25(3)37(42)32-14-16-40(36-13-10-31(45-6)20-33(32)36)21-27-18-29(43-4)8-11-34(27)38/h7-14,16,18-20,24-26,37,42H,1,15,17,21-23H2,2-6H3/q+2. The maximum absolute atomic E-state index is 12.4. The minimum atomic E-state index is -0.721. The Labute approximate surface area is 284 Å². The number of halogens is 2. The minimum absolute atomic E-state index is 0.101. The van der Waals surface area contributed by atoms with Crippen LogP contribution in [0.1, 0.15) is 43.1 Å². The Morgan fingerprint density at radius 2 is 1.53 bits per heavy atom. The quantitative estimate of drug-likeness (QED) is 0.0963. The molecule has 238 valence electrons. The molecule has 6 nitrogen and oxygen atoms in total. The van der Waals surface area contributed by atoms with Crippen LogP contribution in [0, 0.1) is 11.8 Å². The fourth-order valence-electron chi connectivity index (χ4n) is 6.87. The fourth-order valence-corrected chi connectivity index (χ4v) is 7.61. The summed E-state index contributed by atoms with van der Waals surface area (Å²) in [5, 5.41) is 13.4. The number of aliphatic hydroxyl groups excluding tert-OH is 1. The van der Waals surface area contributed by atoms with E-state index in [-0.39, 0.29) is 6.04 Å². The van der Waals surface area contributed by atoms with Gasteiger partial charge in [0.1, 0.15) is 35.9 Å². The van der Waals surface area contributed by atoms with Crippen LogP contribution >= 0.6 is 31.9 Å². The van der Waals surface area contributed by atoms with E-state index in [0.717, 1.165) is 78.8 Å². The Hall–Kier alpha value is -2.91. The Balaban J connectivity index is 1.58. The molecular formula is C37H44Br2N2O4+2. The van der Waals surface area contributed by atoms with E-state index < -0.39 is 6.10 Å². The van der Waals surface area contributed by atoms with Crippen LogP contribution < -0.4 is 18.8 Å². The van der Waals surface area contributed by atoms with E-state index in [4.69, 9.17) is 14.2 Å². The first-order valence-corrected chi connectivity index (χ1v) is 17.0. The molecule has 1 aliphatic rings. The number of rotatable bonds is 11. The lowest BCUT2D eigenvalue weighted by atomic mass is 9.83. The molecule has 45 heavy (non-hydrogen) atoms. The molecule has 0 amide bonds. The van der Waals surface area contributed by atoms with Gasteiger partial charge in [0, 0.05) is 43.7 Å². The van der Waals surface area contributed by atoms with Crippen LogP contribution in [0.4, 0.5) is 0 Å². The molecule has 0 radical (unpaired) electrons. The van der Waals surface area contributed by atoms with Gasteiger partial charge < -0.3 is 23.8 Å². The van der Waals surface area contributed by atoms with Crippen molar-refractivity contribution < 1.29 is 28.4 Å². The van der Waals surface area contributed by atoms with Gasteiger partial charge in [-0.1, -0.05) is 44.9 Å². The first kappa shape index (κ1) is 33.5. The van der Waals surface area contributed by atoms with Crippen LogP contribution in [0.15, 0.2) is 88.5 Å². The van der Waals surface area contributed by atoms with Crippen molar-refractivity contribution in [2.45, 2.75) is 45.5 Å². The molecule has 0 bridgehead atoms. The summed E-state index contributed by atoms with van der Waals surface area (Å²) in [6.45, 7) is 12.0. The number of aliphatic hydroxyl groups is 1. The molecule has 4 aromatic rings. The number of benzene rings is 3. The molecule has 2 heterocycles. The summed E-state index contributed by atoms with van der Waals surface area (Å²) in [7, 11) is 5.07. The number of quaternary nitrogens is 1. The second kappa shape index (κ2) is 14.2. The van der Waals surface area contributed by atoms with E-state index in [0.29, 0.717) is 18.4 Å². The van der Waals surface area contributed by atoms with Crippen molar-refractivity contribution >= 4 is 42.8 Å². The lowest BCUT2D eigenvalue weighted by Gasteiger charge is -2.51. The molecule has 1 aromatic heterocycles. The molecule has 1 N–H and O–H groups in total. The SMILES string of the molecule is C=CC1C[N+](Cc2cc(OC)ccc2Br)(C(C)C(O)c2cc[n+](Cc3cc(OC)ccc3Br)c3ccc(OC)cc23)CCC1C. The van der Waals surface area contributed by atoms with Gasteiger partial charge in [-0.25, -0.2) is 0 Å². The number of pyridine rings is 1. The highest BCUT2D eigenvalue weighted by Crippen LogP contribution is 2.40. The van der Waals surface area contributed by atoms with E-state index in [1.807, 2.05) is 30.3 Å². The van der Waals surface area contributed by atoms with E-state index in [2.05, 4.69) is 99.5 Å². The van der Waals surface area contributed by atoms with Crippen molar-refractivity contribution in [3.63, 3.8) is 0 Å². The summed E-state index contributed by atoms with van der Waals surface area (Å²) in [6.07, 6.45) is 4.54. The monoisotopic (exact) mass is 738 g/mol. The van der Waals surface area contributed by atoms with Crippen LogP contribution in [0.25, 0.3) is 10.9 Å². The van der Waals surface area contributed by atoms with Crippen LogP contribution in [0.5, 0.6) is 17.2 Å². The van der Waals surface area contributed by atoms with Gasteiger partial charge in [0.25, 0.3) is 0 Å². The number of fused-ring (bicyclic) bond motifs is 1. The Kier molecular flexibility index (Phi) is 10.6. The lowest BCUT2D eigenvalue weighted by molar-refractivity contribution is -0.973. The third-order valence-corrected chi connectivity index (χ3v) is 11.4. The maximum atomic E-state index is 12.4. The Bertz CT molecular complexity index is 1680. The summed E-state index contributed by atoms with van der Waals surface area (Å²) < 4.78 is 21.8. The first-order valence-electron chi connectivity index (χ1n) is 15.4. The number of ether oxygens (including phenoxy) is 3. The van der Waals surface area contributed by atoms with E-state index in [9.17, 15) is 5.11 Å². The van der Waals surface area contributed by atoms with Gasteiger partial charge in [-0.2, -0.15) is 4.57 Å². The Morgan fingerprint density at radius 1 is 0.933 bits per heavy atom. The maximum Gasteiger partial charge on any atom is 0.213 e. The molecule has 5 rings (SSSR count). The van der Waals surface area contributed by atoms with Gasteiger partial charge in [-0.05, 0) is 67.8 Å². The smallest absolute Gasteiger partial charge is 0.213 e. The van der Waals surface area contributed by atoms with Gasteiger partial charge >= 0.3 is 0 Å². The number of piperidine rings is 1. The van der Waals surface area contributed by atoms with Crippen LogP contribution in [0.3, 0.4) is 0 Å². The average Bonchev–Trinajstić information content (AvgIpc) is 3.06. The largest absolute Gasteiger partial charge is 0.497 e. The lowest BCUT2D eigenvalue weighted by Crippen LogP contribution is -2.61. The summed E-state index contributed by atoms with van der Waals surface area (Å²) in [4.78, 5) is 0. The molecular weight excluding hydrogens is 696 g/mol. The number of aromatic nitrogens is 1. The van der Waals surface area contributed by atoms with E-state index in [1.165, 1.54) is 5.56 Å². The number of likely N-dealkylation sites (tertiary alicyclic amines) is 1. The zero-order chi connectivity index (χ0) is 32.3. The molecule has 1 saturated heterocycles. The summed E-state index contributed by atoms with van der Waals surface area (Å²) in [6, 6.07) is 20.2. The van der Waals surface area contributed by atoms with Gasteiger partial charge in [0.2, 0.25) is 5.52 Å². The zero-order valence-corrected chi connectivity index (χ0v) is 30.0. The Morgan fingerprint density at radius 3 is 2.18 bits per heavy atom. The highest BCUT2D eigenvalue weighted by molar-refractivity contribution is 9.10. The van der Waals surface area contributed by atoms with Gasteiger partial charge in [0.05, 0.1) is 39.8 Å². The predicted molar refractivity (Wildman–Crippen MR) is 187 cm³/mol. The second-order valence-electron chi connectivity index (χ2n) is 12.3. The van der Waals surface area contributed by atoms with Crippen molar-refractivity contribution in [1.29, 1.82) is 0 Å². The topological polar surface area (TPSA) is 51.8 Å². The van der Waals surface area contributed by atoms with Crippen LogP contribution in [-0.2, 0) is 13.1 Å². The zero-order valence-electron chi connectivity index (χ0n) is 26.8. The van der Waals surface area contributed by atoms with Crippen molar-refractivity contribution in [1.82, 2.24) is 0 Å². The van der Waals surface area contributed by atoms with Gasteiger partial charge in [-0.3, -0.25) is 0 Å². The molecule has 3 aromatic carbocycles. The third-order valence-electron chi connectivity index (χ3n) is 9.87. The summed E-state index contributed by atoms with van der Waals surface area (Å²) >= 11 is 7.52. The molecule has 0 saturated carbocycles. The number of methoxy groups -OCH3 is 3. The van der Waals surface area contributed by atoms with E-state index >= 15 is 0 Å². The highest BCUT2D eigenvalue weighted by atomic mass is 79.9. The fraction of sp³-hybridized carbons (Fsp3) is 0.378. The van der Waals surface area contributed by atoms with Crippen molar-refractivity contribution in [3.8, 4) is 17.2 Å². The molecule has 0 spiro atoms. The third kappa shape index (κ3) is 6.94. The molecule has 0 aliphatic carbocycles. The van der Waals surface area contributed by atoms with Gasteiger partial charge in [0.15, 0.2) is 12.7 Å². The number of hydrogen-bond donors (Lipinski definition) is 1. The normalized spacial score (nSPS) is 21.2. The van der Waals surface area contributed by atoms with Crippen LogP contribution in [-0.4, -0.2) is 50.1 Å². The van der Waals surface area contributed by atoms with E-state index in [1.54, 1.807) is 21.3 Å². The minimum Gasteiger partial charge on any atom is -0.497 e. The predicted octanol–water partition coefficient (Wildman–Crippen LogP) is 8.01. The second-order valence-corrected chi connectivity index (χ2v) is 14.0. The van der Waals surface area contributed by atoms with Crippen molar-refractivity contribution in [3.05, 3.63) is 105 Å². The highest BCUT2D eigenvalue weighted by Gasteiger charge is 2.45. The van der Waals surface area contributed by atoms with Crippen molar-refractivity contribution in [2.75, 3.05) is 34.4 Å². The molecule has 5 atom stereocenters. The molecule has 5 unspecified atom stereocenters. The number of hydrogen-bond acceptors (Lipinski definition) is 4. The first-order chi connectivity index (χ1) is 21.6.